The summed E-state index contributed by atoms with van der Waals surface area (Å²) in [6.45, 7) is 0. The van der Waals surface area contributed by atoms with Crippen molar-refractivity contribution < 1.29 is 19.1 Å². The molecule has 178 valence electrons. The van der Waals surface area contributed by atoms with Gasteiger partial charge >= 0.3 is 5.97 Å². The van der Waals surface area contributed by atoms with E-state index in [1.54, 1.807) is 0 Å². The number of methoxy groups -OCH3 is 1. The first-order valence-corrected chi connectivity index (χ1v) is 11.8. The zero-order chi connectivity index (χ0) is 24.7. The number of nitrogens with zero attached hydrogens (tertiary/aromatic N) is 1. The summed E-state index contributed by atoms with van der Waals surface area (Å²) in [7, 11) is 2.79. The highest BCUT2D eigenvalue weighted by atomic mass is 35.5. The predicted molar refractivity (Wildman–Crippen MR) is 132 cm³/mol. The molecule has 2 heterocycles. The van der Waals surface area contributed by atoms with Gasteiger partial charge in [0.2, 0.25) is 11.8 Å². The Morgan fingerprint density at radius 1 is 0.971 bits per heavy atom. The van der Waals surface area contributed by atoms with Gasteiger partial charge in [-0.25, -0.2) is 0 Å². The average Bonchev–Trinajstić information content (AvgIpc) is 3.34. The zero-order valence-electron chi connectivity index (χ0n) is 19.4. The maximum Gasteiger partial charge on any atom is 0.327 e. The molecule has 0 aromatic heterocycles. The molecule has 0 aliphatic carbocycles. The van der Waals surface area contributed by atoms with Crippen LogP contribution in [0.15, 0.2) is 78.9 Å². The molecule has 7 heteroatoms. The van der Waals surface area contributed by atoms with Crippen molar-refractivity contribution in [2.75, 3.05) is 14.2 Å². The molecule has 0 spiro atoms. The molecule has 4 atom stereocenters. The average molecular weight is 489 g/mol. The SMILES string of the molecule is COC(=O)[C@]1(Cc2ccccc2)NC(c2ccc(-c3cccc(Cl)c3)cc2)C2C(=O)N(C)C(=O)C21. The summed E-state index contributed by atoms with van der Waals surface area (Å²) in [5.74, 6) is -2.80. The summed E-state index contributed by atoms with van der Waals surface area (Å²) in [5.41, 5.74) is 2.27. The molecule has 0 bridgehead atoms. The second kappa shape index (κ2) is 8.95. The monoisotopic (exact) mass is 488 g/mol. The maximum atomic E-state index is 13.3. The molecule has 6 nitrogen and oxygen atoms in total. The number of rotatable bonds is 5. The number of likely N-dealkylation sites (tertiary alicyclic amines) is 1. The van der Waals surface area contributed by atoms with Crippen molar-refractivity contribution >= 4 is 29.4 Å². The zero-order valence-corrected chi connectivity index (χ0v) is 20.2. The number of carbonyl (C=O) groups is 3. The Kier molecular flexibility index (Phi) is 5.95. The van der Waals surface area contributed by atoms with E-state index in [1.165, 1.54) is 14.2 Å². The molecule has 0 saturated carbocycles. The first-order chi connectivity index (χ1) is 16.9. The highest BCUT2D eigenvalue weighted by molar-refractivity contribution is 6.30. The number of amides is 2. The molecule has 2 aliphatic heterocycles. The third-order valence-corrected chi connectivity index (χ3v) is 7.41. The minimum absolute atomic E-state index is 0.228. The van der Waals surface area contributed by atoms with Gasteiger partial charge in [-0.1, -0.05) is 78.3 Å². The van der Waals surface area contributed by atoms with E-state index in [4.69, 9.17) is 16.3 Å². The lowest BCUT2D eigenvalue weighted by molar-refractivity contribution is -0.153. The topological polar surface area (TPSA) is 75.7 Å². The summed E-state index contributed by atoms with van der Waals surface area (Å²) in [5, 5.41) is 4.05. The van der Waals surface area contributed by atoms with Gasteiger partial charge in [-0.15, -0.1) is 0 Å². The standard InChI is InChI=1S/C28H25ClN2O4/c1-31-25(32)22-23(26(31)33)28(27(34)35-2,16-17-7-4-3-5-8-17)30-24(22)19-13-11-18(12-14-19)20-9-6-10-21(29)15-20/h3-15,22-24,30H,16H2,1-2H3/t22?,23?,24?,28-/m1/s1. The van der Waals surface area contributed by atoms with Crippen LogP contribution in [0.3, 0.4) is 0 Å². The molecular formula is C28H25ClN2O4. The molecule has 1 N–H and O–H groups in total. The summed E-state index contributed by atoms with van der Waals surface area (Å²) < 4.78 is 5.21. The second-order valence-corrected chi connectivity index (χ2v) is 9.56. The van der Waals surface area contributed by atoms with Crippen LogP contribution in [-0.4, -0.2) is 42.4 Å². The van der Waals surface area contributed by atoms with E-state index in [1.807, 2.05) is 78.9 Å². The smallest absolute Gasteiger partial charge is 0.327 e. The van der Waals surface area contributed by atoms with Gasteiger partial charge in [-0.05, 0) is 34.4 Å². The molecule has 3 aromatic rings. The fourth-order valence-corrected chi connectivity index (χ4v) is 5.70. The van der Waals surface area contributed by atoms with Gasteiger partial charge in [0.05, 0.1) is 18.9 Å². The third-order valence-electron chi connectivity index (χ3n) is 7.18. The molecule has 2 amide bonds. The van der Waals surface area contributed by atoms with Crippen molar-refractivity contribution in [3.05, 3.63) is 95.0 Å². The first-order valence-electron chi connectivity index (χ1n) is 11.4. The lowest BCUT2D eigenvalue weighted by Gasteiger charge is -2.32. The van der Waals surface area contributed by atoms with E-state index in [9.17, 15) is 14.4 Å². The van der Waals surface area contributed by atoms with Gasteiger partial charge in [0.25, 0.3) is 0 Å². The summed E-state index contributed by atoms with van der Waals surface area (Å²) in [6, 6.07) is 24.3. The van der Waals surface area contributed by atoms with Gasteiger partial charge in [0.15, 0.2) is 0 Å². The van der Waals surface area contributed by atoms with Crippen LogP contribution >= 0.6 is 11.6 Å². The van der Waals surface area contributed by atoms with E-state index < -0.39 is 29.4 Å². The minimum atomic E-state index is -1.37. The number of imide groups is 1. The molecule has 2 fully saturated rings. The fourth-order valence-electron chi connectivity index (χ4n) is 5.51. The normalized spacial score (nSPS) is 25.6. The highest BCUT2D eigenvalue weighted by Crippen LogP contribution is 2.50. The predicted octanol–water partition coefficient (Wildman–Crippen LogP) is 4.04. The van der Waals surface area contributed by atoms with Crippen LogP contribution in [-0.2, 0) is 25.5 Å². The number of ether oxygens (including phenoxy) is 1. The van der Waals surface area contributed by atoms with Crippen LogP contribution in [0.4, 0.5) is 0 Å². The lowest BCUT2D eigenvalue weighted by Crippen LogP contribution is -2.57. The number of nitrogens with one attached hydrogen (secondary N) is 1. The van der Waals surface area contributed by atoms with E-state index >= 15 is 0 Å². The van der Waals surface area contributed by atoms with Crippen molar-refractivity contribution in [1.82, 2.24) is 10.2 Å². The van der Waals surface area contributed by atoms with Gasteiger partial charge in [-0.3, -0.25) is 24.6 Å². The first kappa shape index (κ1) is 23.3. The van der Waals surface area contributed by atoms with Gasteiger partial charge in [0.1, 0.15) is 5.54 Å². The summed E-state index contributed by atoms with van der Waals surface area (Å²) in [4.78, 5) is 41.0. The molecular weight excluding hydrogens is 464 g/mol. The number of hydrogen-bond donors (Lipinski definition) is 1. The number of benzene rings is 3. The quantitative estimate of drug-likeness (QED) is 0.433. The van der Waals surface area contributed by atoms with Crippen molar-refractivity contribution in [2.45, 2.75) is 18.0 Å². The minimum Gasteiger partial charge on any atom is -0.468 e. The highest BCUT2D eigenvalue weighted by Gasteiger charge is 2.68. The van der Waals surface area contributed by atoms with E-state index in [2.05, 4.69) is 5.32 Å². The fraction of sp³-hybridized carbons (Fsp3) is 0.250. The van der Waals surface area contributed by atoms with Gasteiger partial charge in [0, 0.05) is 24.5 Å². The second-order valence-electron chi connectivity index (χ2n) is 9.12. The van der Waals surface area contributed by atoms with Crippen LogP contribution in [0.5, 0.6) is 0 Å². The largest absolute Gasteiger partial charge is 0.468 e. The van der Waals surface area contributed by atoms with E-state index in [-0.39, 0.29) is 18.2 Å². The Morgan fingerprint density at radius 3 is 2.34 bits per heavy atom. The number of hydrogen-bond acceptors (Lipinski definition) is 5. The van der Waals surface area contributed by atoms with Crippen LogP contribution < -0.4 is 5.32 Å². The van der Waals surface area contributed by atoms with Crippen molar-refractivity contribution in [1.29, 1.82) is 0 Å². The Balaban J connectivity index is 1.57. The van der Waals surface area contributed by atoms with E-state index in [0.717, 1.165) is 27.2 Å². The number of fused-ring (bicyclic) bond motifs is 1. The van der Waals surface area contributed by atoms with Gasteiger partial charge in [-0.2, -0.15) is 0 Å². The summed E-state index contributed by atoms with van der Waals surface area (Å²) >= 11 is 6.15. The number of halogens is 1. The number of esters is 1. The third kappa shape index (κ3) is 3.83. The lowest BCUT2D eigenvalue weighted by atomic mass is 9.76. The van der Waals surface area contributed by atoms with Crippen LogP contribution in [0.25, 0.3) is 11.1 Å². The van der Waals surface area contributed by atoms with Crippen molar-refractivity contribution in [3.8, 4) is 11.1 Å². The molecule has 2 saturated heterocycles. The molecule has 5 rings (SSSR count). The Labute approximate surface area is 208 Å². The number of carbonyl (C=O) groups excluding carboxylic acids is 3. The van der Waals surface area contributed by atoms with Crippen LogP contribution in [0.2, 0.25) is 5.02 Å². The van der Waals surface area contributed by atoms with Crippen molar-refractivity contribution in [3.63, 3.8) is 0 Å². The Hall–Kier alpha value is -3.48. The Bertz CT molecular complexity index is 1290. The Morgan fingerprint density at radius 2 is 1.69 bits per heavy atom. The molecule has 3 aromatic carbocycles. The molecule has 0 radical (unpaired) electrons. The van der Waals surface area contributed by atoms with Crippen LogP contribution in [0, 0.1) is 11.8 Å². The van der Waals surface area contributed by atoms with Gasteiger partial charge < -0.3 is 4.74 Å². The molecule has 3 unspecified atom stereocenters. The van der Waals surface area contributed by atoms with E-state index in [0.29, 0.717) is 5.02 Å². The molecule has 35 heavy (non-hydrogen) atoms. The van der Waals surface area contributed by atoms with Crippen molar-refractivity contribution in [2.24, 2.45) is 11.8 Å². The maximum absolute atomic E-state index is 13.3. The molecule has 2 aliphatic rings. The summed E-state index contributed by atoms with van der Waals surface area (Å²) in [6.07, 6.45) is 0.228. The van der Waals surface area contributed by atoms with Crippen LogP contribution in [0.1, 0.15) is 17.2 Å².